The molecule has 0 aliphatic heterocycles. The van der Waals surface area contributed by atoms with E-state index in [2.05, 4.69) is 77.5 Å². The first-order valence-electron chi connectivity index (χ1n) is 6.86. The normalized spacial score (nSPS) is 17.2. The van der Waals surface area contributed by atoms with Crippen LogP contribution in [0.5, 0.6) is 0 Å². The number of rotatable bonds is 3. The molecule has 0 N–H and O–H groups in total. The van der Waals surface area contributed by atoms with Gasteiger partial charge >= 0.3 is 0 Å². The van der Waals surface area contributed by atoms with Crippen molar-refractivity contribution in [1.29, 1.82) is 0 Å². The summed E-state index contributed by atoms with van der Waals surface area (Å²) >= 11 is 3.60. The van der Waals surface area contributed by atoms with E-state index in [0.29, 0.717) is 5.92 Å². The van der Waals surface area contributed by atoms with Gasteiger partial charge in [-0.25, -0.2) is 0 Å². The largest absolute Gasteiger partial charge is 0.0653 e. The lowest BCUT2D eigenvalue weighted by Crippen LogP contribution is -1.98. The Labute approximate surface area is 123 Å². The predicted octanol–water partition coefficient (Wildman–Crippen LogP) is 5.89. The molecule has 0 amide bonds. The van der Waals surface area contributed by atoms with Crippen LogP contribution in [-0.4, -0.2) is 0 Å². The van der Waals surface area contributed by atoms with Crippen LogP contribution in [0, 0.1) is 0 Å². The molecule has 1 aliphatic carbocycles. The van der Waals surface area contributed by atoms with E-state index in [1.807, 2.05) is 0 Å². The van der Waals surface area contributed by atoms with Gasteiger partial charge in [0.2, 0.25) is 0 Å². The van der Waals surface area contributed by atoms with Crippen molar-refractivity contribution in [2.45, 2.75) is 25.7 Å². The highest BCUT2D eigenvalue weighted by Crippen LogP contribution is 2.45. The lowest BCUT2D eigenvalue weighted by atomic mass is 9.88. The summed E-state index contributed by atoms with van der Waals surface area (Å²) in [6.45, 7) is 2.26. The Balaban J connectivity index is 2.07. The van der Waals surface area contributed by atoms with Crippen LogP contribution in [-0.2, 0) is 0 Å². The Kier molecular flexibility index (Phi) is 3.56. The van der Waals surface area contributed by atoms with Gasteiger partial charge in [-0.1, -0.05) is 71.7 Å². The van der Waals surface area contributed by atoms with E-state index >= 15 is 0 Å². The molecule has 0 spiro atoms. The molecule has 0 aromatic heterocycles. The molecule has 1 unspecified atom stereocenters. The minimum absolute atomic E-state index is 0.542. The molecule has 1 atom stereocenters. The molecule has 0 saturated heterocycles. The molecular formula is C18H17Br. The zero-order valence-electron chi connectivity index (χ0n) is 11.1. The Morgan fingerprint density at radius 2 is 1.84 bits per heavy atom. The van der Waals surface area contributed by atoms with Crippen LogP contribution in [0.15, 0.2) is 53.0 Å². The van der Waals surface area contributed by atoms with Gasteiger partial charge in [0.15, 0.2) is 0 Å². The van der Waals surface area contributed by atoms with Crippen molar-refractivity contribution in [1.82, 2.24) is 0 Å². The maximum Gasteiger partial charge on any atom is 0.0178 e. The molecule has 0 nitrogen and oxygen atoms in total. The van der Waals surface area contributed by atoms with Crippen molar-refractivity contribution in [2.24, 2.45) is 0 Å². The van der Waals surface area contributed by atoms with Crippen LogP contribution < -0.4 is 0 Å². The number of hydrogen-bond donors (Lipinski definition) is 0. The molecule has 0 fully saturated rings. The van der Waals surface area contributed by atoms with E-state index in [0.717, 1.165) is 0 Å². The van der Waals surface area contributed by atoms with Crippen molar-refractivity contribution >= 4 is 27.6 Å². The number of benzene rings is 2. The van der Waals surface area contributed by atoms with E-state index in [9.17, 15) is 0 Å². The quantitative estimate of drug-likeness (QED) is 0.663. The summed E-state index contributed by atoms with van der Waals surface area (Å²) in [5.74, 6) is 0.542. The van der Waals surface area contributed by atoms with Gasteiger partial charge in [0.05, 0.1) is 0 Å². The van der Waals surface area contributed by atoms with Gasteiger partial charge < -0.3 is 0 Å². The van der Waals surface area contributed by atoms with Gasteiger partial charge in [-0.3, -0.25) is 0 Å². The molecule has 0 saturated carbocycles. The SMILES string of the molecule is CCCC1C(c2ccccc2)=Cc2ccc(Br)cc21. The van der Waals surface area contributed by atoms with E-state index in [4.69, 9.17) is 0 Å². The minimum Gasteiger partial charge on any atom is -0.0653 e. The Morgan fingerprint density at radius 1 is 1.05 bits per heavy atom. The number of fused-ring (bicyclic) bond motifs is 1. The molecule has 1 aliphatic rings. The maximum atomic E-state index is 3.60. The van der Waals surface area contributed by atoms with Crippen LogP contribution in [0.1, 0.15) is 42.4 Å². The van der Waals surface area contributed by atoms with Crippen LogP contribution in [0.3, 0.4) is 0 Å². The molecule has 96 valence electrons. The topological polar surface area (TPSA) is 0 Å². The summed E-state index contributed by atoms with van der Waals surface area (Å²) in [7, 11) is 0. The first-order valence-corrected chi connectivity index (χ1v) is 7.65. The average Bonchev–Trinajstić information content (AvgIpc) is 2.79. The summed E-state index contributed by atoms with van der Waals surface area (Å²) in [4.78, 5) is 0. The van der Waals surface area contributed by atoms with Crippen LogP contribution >= 0.6 is 15.9 Å². The summed E-state index contributed by atoms with van der Waals surface area (Å²) in [5.41, 5.74) is 5.67. The van der Waals surface area contributed by atoms with Crippen molar-refractivity contribution in [2.75, 3.05) is 0 Å². The standard InChI is InChI=1S/C18H17Br/c1-2-6-16-17(13-7-4-3-5-8-13)11-14-9-10-15(19)12-18(14)16/h3-5,7-12,16H,2,6H2,1H3. The Hall–Kier alpha value is -1.34. The smallest absolute Gasteiger partial charge is 0.0178 e. The lowest BCUT2D eigenvalue weighted by molar-refractivity contribution is 0.737. The lowest BCUT2D eigenvalue weighted by Gasteiger charge is -2.16. The van der Waals surface area contributed by atoms with Gasteiger partial charge in [0.25, 0.3) is 0 Å². The average molecular weight is 313 g/mol. The third-order valence-electron chi connectivity index (χ3n) is 3.80. The minimum atomic E-state index is 0.542. The molecule has 0 radical (unpaired) electrons. The van der Waals surface area contributed by atoms with Gasteiger partial charge in [0, 0.05) is 10.4 Å². The second-order valence-electron chi connectivity index (χ2n) is 5.08. The highest BCUT2D eigenvalue weighted by Gasteiger charge is 2.25. The van der Waals surface area contributed by atoms with E-state index < -0.39 is 0 Å². The summed E-state index contributed by atoms with van der Waals surface area (Å²) in [5, 5.41) is 0. The van der Waals surface area contributed by atoms with Crippen molar-refractivity contribution in [3.8, 4) is 0 Å². The van der Waals surface area contributed by atoms with Crippen molar-refractivity contribution in [3.05, 3.63) is 69.7 Å². The molecule has 2 aromatic carbocycles. The Morgan fingerprint density at radius 3 is 2.58 bits per heavy atom. The zero-order valence-corrected chi connectivity index (χ0v) is 12.7. The Bertz CT molecular complexity index is 611. The summed E-state index contributed by atoms with van der Waals surface area (Å²) in [6, 6.07) is 17.4. The molecule has 2 aromatic rings. The molecule has 3 rings (SSSR count). The highest BCUT2D eigenvalue weighted by molar-refractivity contribution is 9.10. The third kappa shape index (κ3) is 2.40. The third-order valence-corrected chi connectivity index (χ3v) is 4.29. The summed E-state index contributed by atoms with van der Waals surface area (Å²) < 4.78 is 1.18. The first kappa shape index (κ1) is 12.7. The molecule has 1 heteroatoms. The fraction of sp³-hybridized carbons (Fsp3) is 0.222. The fourth-order valence-electron chi connectivity index (χ4n) is 2.93. The van der Waals surface area contributed by atoms with Crippen LogP contribution in [0.2, 0.25) is 0 Å². The van der Waals surface area contributed by atoms with Gasteiger partial charge in [-0.05, 0) is 40.8 Å². The second-order valence-corrected chi connectivity index (χ2v) is 6.00. The van der Waals surface area contributed by atoms with Crippen molar-refractivity contribution < 1.29 is 0 Å². The molecular weight excluding hydrogens is 296 g/mol. The van der Waals surface area contributed by atoms with E-state index in [1.165, 1.54) is 39.6 Å². The maximum absolute atomic E-state index is 3.60. The number of allylic oxidation sites excluding steroid dienone is 1. The first-order chi connectivity index (χ1) is 9.29. The van der Waals surface area contributed by atoms with Gasteiger partial charge in [0.1, 0.15) is 0 Å². The highest BCUT2D eigenvalue weighted by atomic mass is 79.9. The van der Waals surface area contributed by atoms with Gasteiger partial charge in [-0.2, -0.15) is 0 Å². The van der Waals surface area contributed by atoms with Crippen molar-refractivity contribution in [3.63, 3.8) is 0 Å². The number of halogens is 1. The van der Waals surface area contributed by atoms with E-state index in [1.54, 1.807) is 0 Å². The summed E-state index contributed by atoms with van der Waals surface area (Å²) in [6.07, 6.45) is 4.78. The molecule has 0 bridgehead atoms. The second kappa shape index (κ2) is 5.34. The van der Waals surface area contributed by atoms with Gasteiger partial charge in [-0.15, -0.1) is 0 Å². The predicted molar refractivity (Wildman–Crippen MR) is 86.1 cm³/mol. The molecule has 0 heterocycles. The monoisotopic (exact) mass is 312 g/mol. The van der Waals surface area contributed by atoms with Crippen LogP contribution in [0.25, 0.3) is 11.6 Å². The zero-order chi connectivity index (χ0) is 13.2. The van der Waals surface area contributed by atoms with E-state index in [-0.39, 0.29) is 0 Å². The van der Waals surface area contributed by atoms with Crippen LogP contribution in [0.4, 0.5) is 0 Å². The fourth-order valence-corrected chi connectivity index (χ4v) is 3.31. The molecule has 19 heavy (non-hydrogen) atoms. The number of hydrogen-bond acceptors (Lipinski definition) is 0.